The second-order valence-electron chi connectivity index (χ2n) is 13.5. The van der Waals surface area contributed by atoms with Gasteiger partial charge in [0.1, 0.15) is 35.4 Å². The standard InChI is InChI=1S/C20H21N5O4S.C14H22N4OS2.C8H6BrNO3.CH4.H3P/c1-24(2)10-11-29-16-8-6-14(7-9-16)22-20-23-19(21)18(30-20)17(26)13-4-3-5-15(12-13)25(27)28;1-4-21-13(15)17-14(20)16-11-5-7-12(8-6-11)19-10-9-18(2)3;9-5-8(11)6-2-1-3-7(4-6)10(12)13;;/h3-9,12H,10-11,21H2,1-2H3,(H,22,23);5-8H,4,9-10H2,1-3H3,(H3,15,16,17,20);1-4H,5H2;1H4;1H3. The Hall–Kier alpha value is -5.61. The Morgan fingerprint density at radius 3 is 1.80 bits per heavy atom. The number of alkyl halides is 1. The maximum Gasteiger partial charge on any atom is 0.270 e. The number of aliphatic imine (C=N–C) groups is 1. The molecule has 6 N–H and O–H groups in total. The largest absolute Gasteiger partial charge is 0.492 e. The van der Waals surface area contributed by atoms with E-state index in [0.29, 0.717) is 34.2 Å². The Morgan fingerprint density at radius 2 is 1.33 bits per heavy atom. The van der Waals surface area contributed by atoms with E-state index in [1.165, 1.54) is 54.2 Å². The molecule has 23 heteroatoms. The van der Waals surface area contributed by atoms with Crippen LogP contribution in [0.4, 0.5) is 33.7 Å². The van der Waals surface area contributed by atoms with Gasteiger partial charge in [0.15, 0.2) is 21.2 Å². The summed E-state index contributed by atoms with van der Waals surface area (Å²) in [5.74, 6) is 1.95. The molecule has 356 valence electrons. The number of thiocarbonyl (C=S) groups is 1. The van der Waals surface area contributed by atoms with E-state index in [-0.39, 0.29) is 56.1 Å². The van der Waals surface area contributed by atoms with Crippen molar-refractivity contribution in [2.75, 3.05) is 81.9 Å². The highest BCUT2D eigenvalue weighted by Gasteiger charge is 2.20. The number of thioether (sulfide) groups is 1. The van der Waals surface area contributed by atoms with Crippen molar-refractivity contribution in [3.63, 3.8) is 0 Å². The number of nitrogens with two attached hydrogens (primary N) is 2. The number of anilines is 4. The van der Waals surface area contributed by atoms with Gasteiger partial charge in [-0.05, 0) is 94.7 Å². The van der Waals surface area contributed by atoms with E-state index in [0.717, 1.165) is 53.1 Å². The number of thiazole rings is 1. The molecule has 0 radical (unpaired) electrons. The molecular weight excluding hydrogens is 992 g/mol. The lowest BCUT2D eigenvalue weighted by Crippen LogP contribution is -2.19. The molecule has 0 aliphatic rings. The van der Waals surface area contributed by atoms with E-state index in [4.69, 9.17) is 33.2 Å². The minimum Gasteiger partial charge on any atom is -0.492 e. The van der Waals surface area contributed by atoms with Gasteiger partial charge in [0.05, 0.1) is 15.2 Å². The number of hydrogen-bond acceptors (Lipinski definition) is 16. The molecular formula is C43H56BrN10O8PS3. The molecule has 0 bridgehead atoms. The van der Waals surface area contributed by atoms with Gasteiger partial charge in [-0.15, -0.1) is 0 Å². The van der Waals surface area contributed by atoms with Crippen LogP contribution >= 0.6 is 61.1 Å². The predicted molar refractivity (Wildman–Crippen MR) is 282 cm³/mol. The van der Waals surface area contributed by atoms with Crippen molar-refractivity contribution in [2.24, 2.45) is 10.7 Å². The molecule has 0 saturated carbocycles. The van der Waals surface area contributed by atoms with Crippen LogP contribution in [0.15, 0.2) is 102 Å². The molecule has 0 fully saturated rings. The van der Waals surface area contributed by atoms with Crippen LogP contribution in [0.2, 0.25) is 0 Å². The number of nitrogens with zero attached hydrogens (tertiary/aromatic N) is 6. The van der Waals surface area contributed by atoms with Crippen molar-refractivity contribution >= 4 is 117 Å². The van der Waals surface area contributed by atoms with Crippen LogP contribution in [-0.4, -0.2) is 112 Å². The van der Waals surface area contributed by atoms with Crippen molar-refractivity contribution < 1.29 is 28.9 Å². The third kappa shape index (κ3) is 21.1. The number of nitrogen functional groups attached to an aromatic ring is 1. The number of ketones is 2. The summed E-state index contributed by atoms with van der Waals surface area (Å²) in [6.07, 6.45) is 0. The number of aromatic nitrogens is 1. The number of carbonyl (C=O) groups is 2. The summed E-state index contributed by atoms with van der Waals surface area (Å²) in [6.45, 7) is 4.96. The van der Waals surface area contributed by atoms with Crippen molar-refractivity contribution in [2.45, 2.75) is 14.4 Å². The van der Waals surface area contributed by atoms with Gasteiger partial charge in [-0.3, -0.25) is 29.8 Å². The number of nitro benzene ring substituents is 2. The van der Waals surface area contributed by atoms with Gasteiger partial charge in [-0.25, -0.2) is 4.98 Å². The molecule has 1 unspecified atom stereocenters. The molecule has 18 nitrogen and oxygen atoms in total. The van der Waals surface area contributed by atoms with Crippen LogP contribution in [0.1, 0.15) is 39.9 Å². The maximum absolute atomic E-state index is 12.7. The smallest absolute Gasteiger partial charge is 0.270 e. The lowest BCUT2D eigenvalue weighted by atomic mass is 10.1. The average Bonchev–Trinajstić information content (AvgIpc) is 3.63. The van der Waals surface area contributed by atoms with E-state index in [1.54, 1.807) is 6.07 Å². The quantitative estimate of drug-likeness (QED) is 0.00935. The number of ether oxygens (including phenoxy) is 2. The number of nitrogens with one attached hydrogen (secondary N) is 2. The van der Waals surface area contributed by atoms with Crippen molar-refractivity contribution in [1.82, 2.24) is 14.8 Å². The fourth-order valence-corrected chi connectivity index (χ4v) is 6.74. The summed E-state index contributed by atoms with van der Waals surface area (Å²) < 4.78 is 11.3. The first-order chi connectivity index (χ1) is 30.5. The second-order valence-corrected chi connectivity index (χ2v) is 16.8. The number of nitro groups is 2. The monoisotopic (exact) mass is 1050 g/mol. The number of amidine groups is 1. The van der Waals surface area contributed by atoms with E-state index >= 15 is 0 Å². The second kappa shape index (κ2) is 30.6. The van der Waals surface area contributed by atoms with Crippen LogP contribution in [0.3, 0.4) is 0 Å². The van der Waals surface area contributed by atoms with Crippen LogP contribution in [0.5, 0.6) is 11.5 Å². The highest BCUT2D eigenvalue weighted by Crippen LogP contribution is 2.31. The molecule has 1 aromatic heterocycles. The minimum absolute atomic E-state index is 0. The predicted octanol–water partition coefficient (Wildman–Crippen LogP) is 8.81. The third-order valence-corrected chi connectivity index (χ3v) is 10.4. The van der Waals surface area contributed by atoms with Gasteiger partial charge in [-0.2, -0.15) is 14.9 Å². The number of rotatable bonds is 18. The fraction of sp³-hybridized carbons (Fsp3) is 0.279. The summed E-state index contributed by atoms with van der Waals surface area (Å²) in [5.41, 5.74) is 13.6. The molecule has 0 aliphatic carbocycles. The first-order valence-corrected chi connectivity index (χ1v) is 22.5. The zero-order valence-electron chi connectivity index (χ0n) is 36.4. The molecule has 5 aromatic rings. The number of Topliss-reactive ketones (excluding diaryl/α,β-unsaturated/α-hetero) is 1. The number of non-ortho nitro benzene ring substituents is 2. The molecule has 0 amide bonds. The van der Waals surface area contributed by atoms with Gasteiger partial charge in [-0.1, -0.05) is 77.6 Å². The number of carbonyl (C=O) groups excluding carboxylic acids is 2. The summed E-state index contributed by atoms with van der Waals surface area (Å²) in [4.78, 5) is 56.7. The molecule has 0 saturated heterocycles. The third-order valence-electron chi connectivity index (χ3n) is 8.01. The topological polar surface area (TPSA) is 247 Å². The molecule has 1 heterocycles. The Morgan fingerprint density at radius 1 is 0.848 bits per heavy atom. The van der Waals surface area contributed by atoms with Crippen LogP contribution in [-0.2, 0) is 0 Å². The van der Waals surface area contributed by atoms with Crippen molar-refractivity contribution in [1.29, 1.82) is 0 Å². The Labute approximate surface area is 410 Å². The van der Waals surface area contributed by atoms with Crippen molar-refractivity contribution in [3.05, 3.63) is 133 Å². The first-order valence-electron chi connectivity index (χ1n) is 19.2. The van der Waals surface area contributed by atoms with Crippen LogP contribution < -0.4 is 31.6 Å². The normalized spacial score (nSPS) is 10.5. The highest BCUT2D eigenvalue weighted by molar-refractivity contribution is 9.09. The number of benzene rings is 4. The lowest BCUT2D eigenvalue weighted by molar-refractivity contribution is -0.385. The van der Waals surface area contributed by atoms with E-state index in [2.05, 4.69) is 41.4 Å². The maximum atomic E-state index is 12.7. The highest BCUT2D eigenvalue weighted by atomic mass is 79.9. The van der Waals surface area contributed by atoms with E-state index in [9.17, 15) is 29.8 Å². The molecule has 1 atom stereocenters. The molecule has 0 aliphatic heterocycles. The number of halogens is 1. The van der Waals surface area contributed by atoms with Gasteiger partial charge in [0.25, 0.3) is 11.4 Å². The molecule has 66 heavy (non-hydrogen) atoms. The van der Waals surface area contributed by atoms with Gasteiger partial charge >= 0.3 is 0 Å². The van der Waals surface area contributed by atoms with Gasteiger partial charge in [0, 0.05) is 59.9 Å². The molecule has 4 aromatic carbocycles. The first kappa shape index (κ1) is 58.4. The molecule has 0 spiro atoms. The van der Waals surface area contributed by atoms with Crippen LogP contribution in [0, 0.1) is 20.2 Å². The Bertz CT molecular complexity index is 2370. The Kier molecular flexibility index (Phi) is 27.0. The summed E-state index contributed by atoms with van der Waals surface area (Å²) in [6, 6.07) is 26.1. The lowest BCUT2D eigenvalue weighted by Gasteiger charge is -2.11. The zero-order valence-corrected chi connectivity index (χ0v) is 41.8. The summed E-state index contributed by atoms with van der Waals surface area (Å²) in [7, 11) is 7.99. The van der Waals surface area contributed by atoms with Crippen molar-refractivity contribution in [3.8, 4) is 11.5 Å². The fourth-order valence-electron chi connectivity index (χ4n) is 4.83. The average molecular weight is 1050 g/mol. The van der Waals surface area contributed by atoms with Gasteiger partial charge in [0.2, 0.25) is 5.78 Å². The Balaban J connectivity index is 0.000000528. The minimum atomic E-state index is -0.548. The van der Waals surface area contributed by atoms with E-state index < -0.39 is 15.6 Å². The van der Waals surface area contributed by atoms with Crippen LogP contribution in [0.25, 0.3) is 0 Å². The number of likely N-dealkylation sites (N-methyl/N-ethyl adjacent to an activating group) is 2. The summed E-state index contributed by atoms with van der Waals surface area (Å²) in [5, 5.41) is 28.9. The SMILES string of the molecule is C.CCSC(N)=NC(=S)Nc1ccc(OCCN(C)C)cc1.CN(C)CCOc1ccc(Nc2nc(N)c(C(=O)c3cccc([N+](=O)[O-])c3)s2)cc1.O=C(CBr)c1cccc([N+](=O)[O-])c1.P. The number of hydrogen-bond donors (Lipinski definition) is 4. The van der Waals surface area contributed by atoms with Gasteiger partial charge < -0.3 is 41.4 Å². The summed E-state index contributed by atoms with van der Waals surface area (Å²) >= 11 is 10.7. The zero-order chi connectivity index (χ0) is 47.2. The molecule has 5 rings (SSSR count). The van der Waals surface area contributed by atoms with E-state index in [1.807, 2.05) is 88.5 Å².